The highest BCUT2D eigenvalue weighted by atomic mass is 32.2. The average Bonchev–Trinajstić information content (AvgIpc) is 3.05. The van der Waals surface area contributed by atoms with Crippen molar-refractivity contribution in [2.45, 2.75) is 41.8 Å². The lowest BCUT2D eigenvalue weighted by atomic mass is 9.89. The van der Waals surface area contributed by atoms with Gasteiger partial charge < -0.3 is 29.6 Å². The van der Waals surface area contributed by atoms with E-state index in [2.05, 4.69) is 4.74 Å². The van der Waals surface area contributed by atoms with Gasteiger partial charge >= 0.3 is 11.9 Å². The van der Waals surface area contributed by atoms with Crippen LogP contribution in [-0.2, 0) is 20.7 Å². The van der Waals surface area contributed by atoms with Gasteiger partial charge in [0.15, 0.2) is 16.8 Å². The van der Waals surface area contributed by atoms with E-state index >= 15 is 0 Å². The van der Waals surface area contributed by atoms with E-state index in [-0.39, 0.29) is 33.8 Å². The number of carbonyl (C=O) groups excluding carboxylic acids is 1. The number of aliphatic carboxylic acids is 1. The van der Waals surface area contributed by atoms with Crippen LogP contribution < -0.4 is 5.43 Å². The highest BCUT2D eigenvalue weighted by molar-refractivity contribution is 8.00. The number of fused-ring (bicyclic) bond motifs is 2. The van der Waals surface area contributed by atoms with Crippen molar-refractivity contribution in [1.82, 2.24) is 0 Å². The topological polar surface area (TPSA) is 154 Å². The van der Waals surface area contributed by atoms with Gasteiger partial charge in [-0.3, -0.25) is 4.79 Å². The number of esters is 1. The smallest absolute Gasteiger partial charge is 0.339 e. The molecule has 3 rings (SSSR count). The summed E-state index contributed by atoms with van der Waals surface area (Å²) in [7, 11) is 1.02. The number of methoxy groups -OCH3 is 1. The van der Waals surface area contributed by atoms with E-state index in [1.165, 1.54) is 6.07 Å². The van der Waals surface area contributed by atoms with E-state index < -0.39 is 40.7 Å². The van der Waals surface area contributed by atoms with Gasteiger partial charge in [-0.25, -0.2) is 9.59 Å². The minimum atomic E-state index is -2.37. The molecule has 0 spiro atoms. The average molecular weight is 410 g/mol. The van der Waals surface area contributed by atoms with Gasteiger partial charge in [-0.2, -0.15) is 0 Å². The fraction of sp³-hybridized carbons (Fsp3) is 0.389. The Morgan fingerprint density at radius 3 is 2.71 bits per heavy atom. The molecule has 0 radical (unpaired) electrons. The van der Waals surface area contributed by atoms with Gasteiger partial charge in [0.1, 0.15) is 16.7 Å². The fourth-order valence-corrected chi connectivity index (χ4v) is 4.60. The maximum atomic E-state index is 12.8. The molecule has 0 amide bonds. The molecule has 9 nitrogen and oxygen atoms in total. The molecule has 1 aliphatic rings. The second kappa shape index (κ2) is 7.12. The van der Waals surface area contributed by atoms with Crippen LogP contribution in [0.3, 0.4) is 0 Å². The number of phenolic OH excluding ortho intramolecular Hbond substituents is 1. The Labute approximate surface area is 162 Å². The van der Waals surface area contributed by atoms with Crippen molar-refractivity contribution < 1.29 is 39.2 Å². The van der Waals surface area contributed by atoms with Crippen LogP contribution in [0.4, 0.5) is 0 Å². The number of phenols is 1. The van der Waals surface area contributed by atoms with Crippen LogP contribution in [0.15, 0.2) is 26.4 Å². The lowest BCUT2D eigenvalue weighted by Crippen LogP contribution is -2.52. The van der Waals surface area contributed by atoms with Crippen LogP contribution in [0.2, 0.25) is 0 Å². The minimum absolute atomic E-state index is 0.0159. The van der Waals surface area contributed by atoms with Crippen LogP contribution in [0.1, 0.15) is 17.5 Å². The molecule has 150 valence electrons. The van der Waals surface area contributed by atoms with Crippen LogP contribution >= 0.6 is 11.8 Å². The summed E-state index contributed by atoms with van der Waals surface area (Å²) in [5.41, 5.74) is -1.91. The Morgan fingerprint density at radius 1 is 1.43 bits per heavy atom. The van der Waals surface area contributed by atoms with Crippen molar-refractivity contribution in [3.8, 4) is 5.75 Å². The van der Waals surface area contributed by atoms with Crippen molar-refractivity contribution in [3.05, 3.63) is 33.5 Å². The molecular formula is C18H18O9S. The number of ether oxygens (including phenoxy) is 1. The standard InChI is InChI=1S/C18H18O9S/c1-7-3-9(19)13-11(4-7)27-16-8(14(13)21)5-12(28-16)18(25,17(24)26-2)6-10(20)15(22)23/h3-4,10,12,19-20,25H,5-6H2,1-2H3,(H,22,23). The predicted octanol–water partition coefficient (Wildman–Crippen LogP) is 0.564. The van der Waals surface area contributed by atoms with E-state index in [0.717, 1.165) is 18.9 Å². The molecule has 3 atom stereocenters. The lowest BCUT2D eigenvalue weighted by Gasteiger charge is -2.31. The number of hydrogen-bond donors (Lipinski definition) is 4. The predicted molar refractivity (Wildman–Crippen MR) is 97.5 cm³/mol. The summed E-state index contributed by atoms with van der Waals surface area (Å²) in [6.07, 6.45) is -2.97. The molecule has 0 saturated carbocycles. The molecule has 28 heavy (non-hydrogen) atoms. The number of rotatable bonds is 5. The van der Waals surface area contributed by atoms with Crippen molar-refractivity contribution in [1.29, 1.82) is 0 Å². The minimum Gasteiger partial charge on any atom is -0.507 e. The van der Waals surface area contributed by atoms with E-state index in [1.807, 2.05) is 0 Å². The summed E-state index contributed by atoms with van der Waals surface area (Å²) >= 11 is 0.878. The monoisotopic (exact) mass is 410 g/mol. The molecule has 3 unspecified atom stereocenters. The van der Waals surface area contributed by atoms with E-state index in [4.69, 9.17) is 9.52 Å². The molecule has 1 aromatic heterocycles. The molecule has 0 saturated heterocycles. The van der Waals surface area contributed by atoms with E-state index in [0.29, 0.717) is 5.56 Å². The Bertz CT molecular complexity index is 1030. The van der Waals surface area contributed by atoms with Gasteiger partial charge in [0, 0.05) is 6.42 Å². The maximum Gasteiger partial charge on any atom is 0.339 e. The Hall–Kier alpha value is -2.56. The summed E-state index contributed by atoms with van der Waals surface area (Å²) < 4.78 is 10.3. The SMILES string of the molecule is COC(=O)C(O)(CC(O)C(=O)O)C1Cc2c(oc3cc(C)cc(O)c3c2=O)S1. The first-order valence-corrected chi connectivity index (χ1v) is 9.14. The van der Waals surface area contributed by atoms with E-state index in [9.17, 15) is 29.7 Å². The number of hydrogen-bond acceptors (Lipinski definition) is 9. The number of aliphatic hydroxyl groups is 2. The van der Waals surface area contributed by atoms with Crippen LogP contribution in [0.5, 0.6) is 5.75 Å². The number of carboxylic acid groups (broad SMARTS) is 1. The largest absolute Gasteiger partial charge is 0.507 e. The molecule has 4 N–H and O–H groups in total. The highest BCUT2D eigenvalue weighted by Gasteiger charge is 2.51. The van der Waals surface area contributed by atoms with Crippen molar-refractivity contribution >= 4 is 34.7 Å². The molecule has 1 aliphatic heterocycles. The van der Waals surface area contributed by atoms with Crippen molar-refractivity contribution in [2.75, 3.05) is 7.11 Å². The zero-order valence-corrected chi connectivity index (χ0v) is 15.8. The van der Waals surface area contributed by atoms with Crippen LogP contribution in [0.25, 0.3) is 11.0 Å². The highest BCUT2D eigenvalue weighted by Crippen LogP contribution is 2.44. The van der Waals surface area contributed by atoms with Gasteiger partial charge in [-0.05, 0) is 31.0 Å². The number of thioether (sulfide) groups is 1. The zero-order valence-electron chi connectivity index (χ0n) is 15.0. The van der Waals surface area contributed by atoms with Gasteiger partial charge in [0.05, 0.1) is 17.9 Å². The van der Waals surface area contributed by atoms with E-state index in [1.54, 1.807) is 13.0 Å². The summed E-state index contributed by atoms with van der Waals surface area (Å²) in [6.45, 7) is 1.71. The summed E-state index contributed by atoms with van der Waals surface area (Å²) in [5.74, 6) is -2.98. The Morgan fingerprint density at radius 2 is 2.11 bits per heavy atom. The Kier molecular flexibility index (Phi) is 5.13. The molecule has 2 heterocycles. The third kappa shape index (κ3) is 3.23. The molecule has 0 fully saturated rings. The molecular weight excluding hydrogens is 392 g/mol. The van der Waals surface area contributed by atoms with Gasteiger partial charge in [-0.15, -0.1) is 0 Å². The van der Waals surface area contributed by atoms with Crippen molar-refractivity contribution in [2.24, 2.45) is 0 Å². The normalized spacial score (nSPS) is 19.1. The first-order chi connectivity index (χ1) is 13.1. The first kappa shape index (κ1) is 20.2. The lowest BCUT2D eigenvalue weighted by molar-refractivity contribution is -0.168. The number of aryl methyl sites for hydroxylation is 1. The zero-order chi connectivity index (χ0) is 20.8. The quantitative estimate of drug-likeness (QED) is 0.514. The maximum absolute atomic E-state index is 12.8. The molecule has 0 bridgehead atoms. The van der Waals surface area contributed by atoms with Gasteiger partial charge in [0.25, 0.3) is 0 Å². The molecule has 0 aliphatic carbocycles. The van der Waals surface area contributed by atoms with Crippen LogP contribution in [0, 0.1) is 6.92 Å². The number of benzene rings is 1. The summed E-state index contributed by atoms with van der Waals surface area (Å²) in [6, 6.07) is 2.99. The van der Waals surface area contributed by atoms with Gasteiger partial charge in [-0.1, -0.05) is 11.8 Å². The number of aromatic hydroxyl groups is 1. The summed E-state index contributed by atoms with van der Waals surface area (Å²) in [5, 5.41) is 38.7. The fourth-order valence-electron chi connectivity index (χ4n) is 3.25. The van der Waals surface area contributed by atoms with Crippen molar-refractivity contribution in [3.63, 3.8) is 0 Å². The molecule has 10 heteroatoms. The van der Waals surface area contributed by atoms with Crippen LogP contribution in [-0.4, -0.2) is 56.4 Å². The second-order valence-electron chi connectivity index (χ2n) is 6.64. The number of carboxylic acids is 1. The third-order valence-electron chi connectivity index (χ3n) is 4.68. The second-order valence-corrected chi connectivity index (χ2v) is 7.81. The molecule has 2 aromatic rings. The van der Waals surface area contributed by atoms with Gasteiger partial charge in [0.2, 0.25) is 5.43 Å². The number of aliphatic hydroxyl groups excluding tert-OH is 1. The first-order valence-electron chi connectivity index (χ1n) is 8.26. The molecule has 1 aromatic carbocycles. The Balaban J connectivity index is 2.06. The third-order valence-corrected chi connectivity index (χ3v) is 6.06. The summed E-state index contributed by atoms with van der Waals surface area (Å²) in [4.78, 5) is 36.0. The number of carbonyl (C=O) groups is 2.